The standard InChI is InChI=1S/C58H37NS2/c1-5-15-38(16-6-1)42-25-28-49-51-37-44(27-34-54(51)60-55(49)35-42)59(52-32-30-45(40-19-9-3-10-20-40)47-23-13-14-24-48(47)52)53-33-31-46(41-21-11-4-12-22-41)58-57(53)50-29-26-43(36-56(50)61-58)39-17-7-2-8-18-39/h1-37H. The SMILES string of the molecule is c1ccc(-c2ccc3c(c2)sc2ccc(N(c4ccc(-c5ccccc5)c5ccccc45)c4ccc(-c5ccccc5)c5sc6cc(-c7ccccc7)ccc6c45)cc23)cc1. The zero-order valence-corrected chi connectivity index (χ0v) is 34.8. The first-order valence-corrected chi connectivity index (χ1v) is 22.4. The summed E-state index contributed by atoms with van der Waals surface area (Å²) < 4.78 is 5.14. The van der Waals surface area contributed by atoms with E-state index in [0.717, 1.165) is 17.1 Å². The molecule has 0 aliphatic heterocycles. The van der Waals surface area contributed by atoms with Crippen LogP contribution < -0.4 is 4.90 Å². The van der Waals surface area contributed by atoms with E-state index < -0.39 is 0 Å². The van der Waals surface area contributed by atoms with Crippen LogP contribution in [-0.2, 0) is 0 Å². The summed E-state index contributed by atoms with van der Waals surface area (Å²) in [5.41, 5.74) is 13.3. The molecule has 0 aliphatic carbocycles. The number of rotatable bonds is 7. The maximum absolute atomic E-state index is 2.53. The van der Waals surface area contributed by atoms with Crippen molar-refractivity contribution in [3.8, 4) is 44.5 Å². The molecule has 0 N–H and O–H groups in total. The fraction of sp³-hybridized carbons (Fsp3) is 0. The van der Waals surface area contributed by atoms with Crippen molar-refractivity contribution in [2.75, 3.05) is 4.90 Å². The van der Waals surface area contributed by atoms with E-state index in [4.69, 9.17) is 0 Å². The minimum Gasteiger partial charge on any atom is -0.309 e. The van der Waals surface area contributed by atoms with Gasteiger partial charge < -0.3 is 4.90 Å². The quantitative estimate of drug-likeness (QED) is 0.155. The van der Waals surface area contributed by atoms with Crippen LogP contribution in [0.4, 0.5) is 17.1 Å². The molecule has 2 heterocycles. The summed E-state index contributed by atoms with van der Waals surface area (Å²) in [6, 6.07) is 82.4. The fourth-order valence-corrected chi connectivity index (χ4v) is 11.6. The lowest BCUT2D eigenvalue weighted by Gasteiger charge is -2.29. The third-order valence-corrected chi connectivity index (χ3v) is 14.4. The molecule has 10 aromatic carbocycles. The molecule has 12 rings (SSSR count). The van der Waals surface area contributed by atoms with Crippen LogP contribution in [0.15, 0.2) is 224 Å². The van der Waals surface area contributed by atoms with Crippen LogP contribution in [0.5, 0.6) is 0 Å². The highest BCUT2D eigenvalue weighted by atomic mass is 32.1. The molecule has 61 heavy (non-hydrogen) atoms. The molecule has 0 saturated heterocycles. The van der Waals surface area contributed by atoms with E-state index in [2.05, 4.69) is 229 Å². The number of benzene rings is 10. The van der Waals surface area contributed by atoms with Crippen molar-refractivity contribution in [3.05, 3.63) is 224 Å². The van der Waals surface area contributed by atoms with Gasteiger partial charge in [0.05, 0.1) is 11.4 Å². The third kappa shape index (κ3) is 6.13. The number of nitrogens with zero attached hydrogens (tertiary/aromatic N) is 1. The molecule has 2 aromatic heterocycles. The van der Waals surface area contributed by atoms with Crippen molar-refractivity contribution in [1.29, 1.82) is 0 Å². The van der Waals surface area contributed by atoms with Gasteiger partial charge in [-0.05, 0) is 92.4 Å². The number of hydrogen-bond donors (Lipinski definition) is 0. The Hall–Kier alpha value is -7.30. The largest absolute Gasteiger partial charge is 0.309 e. The molecule has 0 saturated carbocycles. The van der Waals surface area contributed by atoms with E-state index >= 15 is 0 Å². The average molecular weight is 812 g/mol. The number of thiophene rings is 2. The van der Waals surface area contributed by atoms with E-state index in [0.29, 0.717) is 0 Å². The van der Waals surface area contributed by atoms with Gasteiger partial charge >= 0.3 is 0 Å². The molecule has 0 radical (unpaired) electrons. The van der Waals surface area contributed by atoms with Crippen molar-refractivity contribution in [2.24, 2.45) is 0 Å². The Morgan fingerprint density at radius 1 is 0.279 bits per heavy atom. The first kappa shape index (κ1) is 35.6. The first-order chi connectivity index (χ1) is 30.2. The van der Waals surface area contributed by atoms with Crippen molar-refractivity contribution < 1.29 is 0 Å². The van der Waals surface area contributed by atoms with Crippen LogP contribution in [0.25, 0.3) is 95.6 Å². The molecule has 0 amide bonds. The van der Waals surface area contributed by atoms with Crippen LogP contribution in [0.3, 0.4) is 0 Å². The summed E-state index contributed by atoms with van der Waals surface area (Å²) in [4.78, 5) is 2.53. The summed E-state index contributed by atoms with van der Waals surface area (Å²) in [6.07, 6.45) is 0. The second-order valence-electron chi connectivity index (χ2n) is 15.6. The molecule has 3 heteroatoms. The van der Waals surface area contributed by atoms with Crippen LogP contribution in [0, 0.1) is 0 Å². The predicted molar refractivity (Wildman–Crippen MR) is 266 cm³/mol. The van der Waals surface area contributed by atoms with Gasteiger partial charge in [0, 0.05) is 51.4 Å². The van der Waals surface area contributed by atoms with E-state index in [-0.39, 0.29) is 0 Å². The van der Waals surface area contributed by atoms with Gasteiger partial charge in [0.25, 0.3) is 0 Å². The highest BCUT2D eigenvalue weighted by Gasteiger charge is 2.24. The monoisotopic (exact) mass is 811 g/mol. The molecule has 12 aromatic rings. The predicted octanol–water partition coefficient (Wildman–Crippen LogP) is 17.7. The van der Waals surface area contributed by atoms with E-state index in [9.17, 15) is 0 Å². The maximum atomic E-state index is 2.53. The summed E-state index contributed by atoms with van der Waals surface area (Å²) >= 11 is 3.77. The van der Waals surface area contributed by atoms with Crippen LogP contribution in [-0.4, -0.2) is 0 Å². The van der Waals surface area contributed by atoms with Gasteiger partial charge in [0.1, 0.15) is 0 Å². The Bertz CT molecular complexity index is 3570. The number of hydrogen-bond acceptors (Lipinski definition) is 3. The Morgan fingerprint density at radius 3 is 1.46 bits per heavy atom. The number of anilines is 3. The molecular formula is C58H37NS2. The third-order valence-electron chi connectivity index (χ3n) is 12.1. The number of fused-ring (bicyclic) bond motifs is 7. The van der Waals surface area contributed by atoms with E-state index in [1.165, 1.54) is 95.6 Å². The highest BCUT2D eigenvalue weighted by Crippen LogP contribution is 2.51. The molecule has 0 aliphatic rings. The van der Waals surface area contributed by atoms with Crippen LogP contribution >= 0.6 is 22.7 Å². The van der Waals surface area contributed by atoms with Crippen molar-refractivity contribution in [1.82, 2.24) is 0 Å². The fourth-order valence-electron chi connectivity index (χ4n) is 9.17. The van der Waals surface area contributed by atoms with Crippen molar-refractivity contribution in [3.63, 3.8) is 0 Å². The average Bonchev–Trinajstić information content (AvgIpc) is 3.91. The van der Waals surface area contributed by atoms with Gasteiger partial charge in [-0.1, -0.05) is 182 Å². The van der Waals surface area contributed by atoms with Gasteiger partial charge in [-0.2, -0.15) is 0 Å². The molecule has 1 nitrogen and oxygen atoms in total. The zero-order chi connectivity index (χ0) is 40.3. The minimum atomic E-state index is 1.13. The molecule has 0 atom stereocenters. The van der Waals surface area contributed by atoms with Crippen molar-refractivity contribution in [2.45, 2.75) is 0 Å². The van der Waals surface area contributed by atoms with Gasteiger partial charge in [-0.3, -0.25) is 0 Å². The smallest absolute Gasteiger partial charge is 0.0555 e. The highest BCUT2D eigenvalue weighted by molar-refractivity contribution is 7.26. The normalized spacial score (nSPS) is 11.6. The van der Waals surface area contributed by atoms with Crippen molar-refractivity contribution >= 4 is 90.9 Å². The molecular weight excluding hydrogens is 775 g/mol. The molecule has 0 fully saturated rings. The van der Waals surface area contributed by atoms with Crippen LogP contribution in [0.1, 0.15) is 0 Å². The molecule has 0 unspecified atom stereocenters. The minimum absolute atomic E-state index is 1.13. The summed E-state index contributed by atoms with van der Waals surface area (Å²) in [5, 5.41) is 7.51. The lowest BCUT2D eigenvalue weighted by Crippen LogP contribution is -2.11. The summed E-state index contributed by atoms with van der Waals surface area (Å²) in [6.45, 7) is 0. The Balaban J connectivity index is 1.14. The van der Waals surface area contributed by atoms with E-state index in [1.54, 1.807) is 0 Å². The maximum Gasteiger partial charge on any atom is 0.0555 e. The summed E-state index contributed by atoms with van der Waals surface area (Å²) in [5.74, 6) is 0. The topological polar surface area (TPSA) is 3.24 Å². The Morgan fingerprint density at radius 2 is 0.803 bits per heavy atom. The van der Waals surface area contributed by atoms with E-state index in [1.807, 2.05) is 22.7 Å². The molecule has 0 spiro atoms. The van der Waals surface area contributed by atoms with Gasteiger partial charge in [-0.15, -0.1) is 22.7 Å². The lowest BCUT2D eigenvalue weighted by atomic mass is 9.95. The van der Waals surface area contributed by atoms with Gasteiger partial charge in [-0.25, -0.2) is 0 Å². The van der Waals surface area contributed by atoms with Crippen LogP contribution in [0.2, 0.25) is 0 Å². The Labute approximate surface area is 362 Å². The second kappa shape index (κ2) is 14.8. The second-order valence-corrected chi connectivity index (χ2v) is 17.8. The van der Waals surface area contributed by atoms with Gasteiger partial charge in [0.15, 0.2) is 0 Å². The molecule has 0 bridgehead atoms. The molecule has 286 valence electrons. The Kier molecular flexibility index (Phi) is 8.62. The van der Waals surface area contributed by atoms with Gasteiger partial charge in [0.2, 0.25) is 0 Å². The lowest BCUT2D eigenvalue weighted by molar-refractivity contribution is 1.32. The zero-order valence-electron chi connectivity index (χ0n) is 33.1. The summed E-state index contributed by atoms with van der Waals surface area (Å²) in [7, 11) is 0. The first-order valence-electron chi connectivity index (χ1n) is 20.7.